The lowest BCUT2D eigenvalue weighted by Crippen LogP contribution is -2.02. The van der Waals surface area contributed by atoms with Gasteiger partial charge in [-0.1, -0.05) is 12.1 Å². The molecular formula is C15H14N4O4. The van der Waals surface area contributed by atoms with Crippen molar-refractivity contribution < 1.29 is 9.85 Å². The summed E-state index contributed by atoms with van der Waals surface area (Å²) in [5, 5.41) is 25.7. The van der Waals surface area contributed by atoms with Gasteiger partial charge in [0.15, 0.2) is 0 Å². The first-order valence-electron chi connectivity index (χ1n) is 6.68. The second-order valence-corrected chi connectivity index (χ2v) is 4.87. The highest BCUT2D eigenvalue weighted by Gasteiger charge is 2.12. The summed E-state index contributed by atoms with van der Waals surface area (Å²) in [5.74, 6) is 0. The van der Waals surface area contributed by atoms with Crippen molar-refractivity contribution in [3.05, 3.63) is 73.8 Å². The number of rotatable bonds is 5. The largest absolute Gasteiger partial charge is 0.278 e. The molecule has 0 bridgehead atoms. The number of nitro groups is 2. The van der Waals surface area contributed by atoms with E-state index < -0.39 is 9.85 Å². The summed E-state index contributed by atoms with van der Waals surface area (Å²) in [6.45, 7) is 3.39. The number of nitrogens with zero attached hydrogens (tertiary/aromatic N) is 3. The van der Waals surface area contributed by atoms with E-state index in [0.717, 1.165) is 0 Å². The Balaban J connectivity index is 2.18. The molecule has 0 aromatic heterocycles. The van der Waals surface area contributed by atoms with E-state index in [4.69, 9.17) is 0 Å². The third kappa shape index (κ3) is 3.88. The molecule has 23 heavy (non-hydrogen) atoms. The molecule has 8 heteroatoms. The summed E-state index contributed by atoms with van der Waals surface area (Å²) in [5.41, 5.74) is 5.14. The standard InChI is InChI=1S/C15H14N4O4/c1-10-3-4-12(9-15(10)19(22)23)11(2)16-17-13-5-7-14(8-6-13)18(20)21/h3-9,17H,1-2H3/b16-11-. The fourth-order valence-electron chi connectivity index (χ4n) is 1.90. The maximum atomic E-state index is 11.0. The van der Waals surface area contributed by atoms with Gasteiger partial charge in [0.05, 0.1) is 21.2 Å². The van der Waals surface area contributed by atoms with Crippen molar-refractivity contribution in [2.24, 2.45) is 5.10 Å². The van der Waals surface area contributed by atoms with Gasteiger partial charge in [0.25, 0.3) is 11.4 Å². The van der Waals surface area contributed by atoms with Crippen LogP contribution in [0.4, 0.5) is 17.1 Å². The van der Waals surface area contributed by atoms with Crippen molar-refractivity contribution in [1.29, 1.82) is 0 Å². The number of benzene rings is 2. The molecule has 0 spiro atoms. The highest BCUT2D eigenvalue weighted by Crippen LogP contribution is 2.20. The number of nitrogens with one attached hydrogen (secondary N) is 1. The van der Waals surface area contributed by atoms with Gasteiger partial charge in [-0.2, -0.15) is 5.10 Å². The third-order valence-corrected chi connectivity index (χ3v) is 3.25. The van der Waals surface area contributed by atoms with Gasteiger partial charge in [-0.15, -0.1) is 0 Å². The average Bonchev–Trinajstić information content (AvgIpc) is 2.53. The molecule has 0 saturated carbocycles. The molecule has 0 fully saturated rings. The van der Waals surface area contributed by atoms with Gasteiger partial charge < -0.3 is 0 Å². The third-order valence-electron chi connectivity index (χ3n) is 3.25. The normalized spacial score (nSPS) is 11.1. The van der Waals surface area contributed by atoms with Gasteiger partial charge in [-0.25, -0.2) is 0 Å². The van der Waals surface area contributed by atoms with Gasteiger partial charge >= 0.3 is 0 Å². The highest BCUT2D eigenvalue weighted by atomic mass is 16.6. The zero-order valence-corrected chi connectivity index (χ0v) is 12.5. The van der Waals surface area contributed by atoms with E-state index in [9.17, 15) is 20.2 Å². The molecule has 0 aliphatic carbocycles. The smallest absolute Gasteiger partial charge is 0.272 e. The van der Waals surface area contributed by atoms with Crippen molar-refractivity contribution in [1.82, 2.24) is 0 Å². The lowest BCUT2D eigenvalue weighted by molar-refractivity contribution is -0.385. The van der Waals surface area contributed by atoms with E-state index >= 15 is 0 Å². The molecule has 118 valence electrons. The van der Waals surface area contributed by atoms with E-state index in [1.807, 2.05) is 0 Å². The predicted molar refractivity (Wildman–Crippen MR) is 86.8 cm³/mol. The molecule has 0 aliphatic heterocycles. The summed E-state index contributed by atoms with van der Waals surface area (Å²) >= 11 is 0. The minimum absolute atomic E-state index is 0.00888. The molecule has 0 aliphatic rings. The van der Waals surface area contributed by atoms with Crippen LogP contribution in [0, 0.1) is 27.2 Å². The van der Waals surface area contributed by atoms with Crippen LogP contribution < -0.4 is 5.43 Å². The first-order chi connectivity index (χ1) is 10.9. The van der Waals surface area contributed by atoms with Gasteiger partial charge in [0.1, 0.15) is 0 Å². The van der Waals surface area contributed by atoms with Crippen molar-refractivity contribution in [2.75, 3.05) is 5.43 Å². The van der Waals surface area contributed by atoms with E-state index in [1.54, 1.807) is 26.0 Å². The summed E-state index contributed by atoms with van der Waals surface area (Å²) in [4.78, 5) is 20.6. The fraction of sp³-hybridized carbons (Fsp3) is 0.133. The Hall–Kier alpha value is -3.29. The van der Waals surface area contributed by atoms with Crippen LogP contribution in [0.5, 0.6) is 0 Å². The Morgan fingerprint density at radius 3 is 2.26 bits per heavy atom. The lowest BCUT2D eigenvalue weighted by Gasteiger charge is -2.05. The number of hydrogen-bond donors (Lipinski definition) is 1. The van der Waals surface area contributed by atoms with Crippen molar-refractivity contribution in [2.45, 2.75) is 13.8 Å². The zero-order chi connectivity index (χ0) is 17.0. The summed E-state index contributed by atoms with van der Waals surface area (Å²) < 4.78 is 0. The zero-order valence-electron chi connectivity index (χ0n) is 12.5. The molecule has 0 heterocycles. The summed E-state index contributed by atoms with van der Waals surface area (Å²) in [6, 6.07) is 10.7. The van der Waals surface area contributed by atoms with Crippen molar-refractivity contribution in [3.8, 4) is 0 Å². The highest BCUT2D eigenvalue weighted by molar-refractivity contribution is 5.99. The molecule has 8 nitrogen and oxygen atoms in total. The molecule has 0 saturated heterocycles. The quantitative estimate of drug-likeness (QED) is 0.514. The van der Waals surface area contributed by atoms with Crippen LogP contribution in [0.25, 0.3) is 0 Å². The van der Waals surface area contributed by atoms with Gasteiger partial charge in [0.2, 0.25) is 0 Å². The maximum absolute atomic E-state index is 11.0. The molecular weight excluding hydrogens is 300 g/mol. The first-order valence-corrected chi connectivity index (χ1v) is 6.68. The van der Waals surface area contributed by atoms with E-state index in [2.05, 4.69) is 10.5 Å². The van der Waals surface area contributed by atoms with Gasteiger partial charge in [-0.05, 0) is 26.0 Å². The molecule has 2 rings (SSSR count). The number of nitro benzene ring substituents is 2. The molecule has 2 aromatic carbocycles. The summed E-state index contributed by atoms with van der Waals surface area (Å²) in [7, 11) is 0. The van der Waals surface area contributed by atoms with E-state index in [-0.39, 0.29) is 11.4 Å². The van der Waals surface area contributed by atoms with Crippen LogP contribution in [0.1, 0.15) is 18.1 Å². The van der Waals surface area contributed by atoms with E-state index in [0.29, 0.717) is 22.5 Å². The number of anilines is 1. The monoisotopic (exact) mass is 314 g/mol. The molecule has 1 N–H and O–H groups in total. The topological polar surface area (TPSA) is 111 Å². The molecule has 0 atom stereocenters. The molecule has 0 amide bonds. The Bertz CT molecular complexity index is 785. The van der Waals surface area contributed by atoms with Crippen molar-refractivity contribution in [3.63, 3.8) is 0 Å². The SMILES string of the molecule is C/C(=N/Nc1ccc([N+](=O)[O-])cc1)c1ccc(C)c([N+](=O)[O-])c1. The Labute approximate surface area is 131 Å². The molecule has 0 unspecified atom stereocenters. The number of hydrogen-bond acceptors (Lipinski definition) is 6. The molecule has 0 radical (unpaired) electrons. The van der Waals surface area contributed by atoms with Gasteiger partial charge in [-0.3, -0.25) is 25.7 Å². The predicted octanol–water partition coefficient (Wildman–Crippen LogP) is 3.65. The maximum Gasteiger partial charge on any atom is 0.272 e. The minimum atomic E-state index is -0.482. The Morgan fingerprint density at radius 2 is 1.70 bits per heavy atom. The molecule has 2 aromatic rings. The van der Waals surface area contributed by atoms with Crippen molar-refractivity contribution >= 4 is 22.8 Å². The van der Waals surface area contributed by atoms with Crippen LogP contribution >= 0.6 is 0 Å². The number of hydrazone groups is 1. The van der Waals surface area contributed by atoms with Crippen LogP contribution in [-0.2, 0) is 0 Å². The second kappa shape index (κ2) is 6.65. The minimum Gasteiger partial charge on any atom is -0.278 e. The first kappa shape index (κ1) is 16.1. The Kier molecular flexibility index (Phi) is 4.65. The van der Waals surface area contributed by atoms with Crippen LogP contribution in [0.2, 0.25) is 0 Å². The van der Waals surface area contributed by atoms with E-state index in [1.165, 1.54) is 30.3 Å². The number of aryl methyl sites for hydroxylation is 1. The van der Waals surface area contributed by atoms with Gasteiger partial charge in [0, 0.05) is 29.3 Å². The van der Waals surface area contributed by atoms with Crippen LogP contribution in [0.3, 0.4) is 0 Å². The number of non-ortho nitro benzene ring substituents is 1. The van der Waals surface area contributed by atoms with Crippen LogP contribution in [0.15, 0.2) is 47.6 Å². The second-order valence-electron chi connectivity index (χ2n) is 4.87. The average molecular weight is 314 g/mol. The fourth-order valence-corrected chi connectivity index (χ4v) is 1.90. The summed E-state index contributed by atoms with van der Waals surface area (Å²) in [6.07, 6.45) is 0. The lowest BCUT2D eigenvalue weighted by atomic mass is 10.1. The Morgan fingerprint density at radius 1 is 1.04 bits per heavy atom. The van der Waals surface area contributed by atoms with Crippen LogP contribution in [-0.4, -0.2) is 15.6 Å².